The fourth-order valence-electron chi connectivity index (χ4n) is 3.50. The third-order valence-corrected chi connectivity index (χ3v) is 4.94. The van der Waals surface area contributed by atoms with Crippen LogP contribution in [0.2, 0.25) is 0 Å². The van der Waals surface area contributed by atoms with Crippen molar-refractivity contribution in [1.29, 1.82) is 0 Å². The lowest BCUT2D eigenvalue weighted by atomic mass is 10.1. The fraction of sp³-hybridized carbons (Fsp3) is 0.438. The quantitative estimate of drug-likeness (QED) is 0.581. The van der Waals surface area contributed by atoms with Crippen LogP contribution in [0.5, 0.6) is 5.75 Å². The molecule has 8 heteroatoms. The van der Waals surface area contributed by atoms with Gasteiger partial charge in [-0.15, -0.1) is 0 Å². The molecule has 0 spiro atoms. The second kappa shape index (κ2) is 4.78. The van der Waals surface area contributed by atoms with E-state index in [-0.39, 0.29) is 11.7 Å². The van der Waals surface area contributed by atoms with Gasteiger partial charge >= 0.3 is 0 Å². The third kappa shape index (κ3) is 1.66. The first-order valence-electron chi connectivity index (χ1n) is 7.52. The second-order valence-electron chi connectivity index (χ2n) is 6.21. The van der Waals surface area contributed by atoms with E-state index in [9.17, 15) is 25.2 Å². The van der Waals surface area contributed by atoms with Gasteiger partial charge in [-0.1, -0.05) is 12.1 Å². The van der Waals surface area contributed by atoms with Crippen molar-refractivity contribution < 1.29 is 34.7 Å². The van der Waals surface area contributed by atoms with Crippen LogP contribution < -0.4 is 4.74 Å². The van der Waals surface area contributed by atoms with Gasteiger partial charge < -0.3 is 29.9 Å². The summed E-state index contributed by atoms with van der Waals surface area (Å²) in [4.78, 5) is 11.8. The Morgan fingerprint density at radius 1 is 1.33 bits per heavy atom. The van der Waals surface area contributed by atoms with Crippen molar-refractivity contribution in [1.82, 2.24) is 4.57 Å². The summed E-state index contributed by atoms with van der Waals surface area (Å²) in [5.41, 5.74) is -3.37. The molecule has 4 rings (SSSR count). The van der Waals surface area contributed by atoms with Crippen LogP contribution in [0, 0.1) is 0 Å². The van der Waals surface area contributed by atoms with Crippen LogP contribution in [0.4, 0.5) is 0 Å². The van der Waals surface area contributed by atoms with Crippen molar-refractivity contribution in [2.75, 3.05) is 6.61 Å². The minimum atomic E-state index is -2.03. The molecule has 0 unspecified atom stereocenters. The highest BCUT2D eigenvalue weighted by atomic mass is 16.7. The van der Waals surface area contributed by atoms with E-state index in [4.69, 9.17) is 9.47 Å². The zero-order chi connectivity index (χ0) is 17.3. The molecule has 2 aliphatic rings. The molecule has 2 fully saturated rings. The molecule has 1 saturated heterocycles. The molecule has 24 heavy (non-hydrogen) atoms. The molecule has 0 radical (unpaired) electrons. The molecule has 1 aliphatic carbocycles. The van der Waals surface area contributed by atoms with Gasteiger partial charge in [0.1, 0.15) is 18.0 Å². The van der Waals surface area contributed by atoms with E-state index >= 15 is 0 Å². The van der Waals surface area contributed by atoms with Gasteiger partial charge in [0.15, 0.2) is 11.2 Å². The van der Waals surface area contributed by atoms with E-state index < -0.39 is 36.3 Å². The number of fused-ring (bicyclic) bond motifs is 2. The molecule has 1 saturated carbocycles. The number of ether oxygens (including phenoxy) is 2. The molecule has 5 atom stereocenters. The third-order valence-electron chi connectivity index (χ3n) is 4.94. The van der Waals surface area contributed by atoms with E-state index in [0.717, 1.165) is 0 Å². The van der Waals surface area contributed by atoms with Crippen LogP contribution in [0.1, 0.15) is 11.7 Å². The van der Waals surface area contributed by atoms with Gasteiger partial charge in [-0.3, -0.25) is 9.36 Å². The van der Waals surface area contributed by atoms with Crippen LogP contribution >= 0.6 is 0 Å². The first kappa shape index (κ1) is 15.6. The van der Waals surface area contributed by atoms with Gasteiger partial charge in [0.2, 0.25) is 12.2 Å². The average Bonchev–Trinajstić information content (AvgIpc) is 2.87. The summed E-state index contributed by atoms with van der Waals surface area (Å²) in [6.45, 7) is 0.825. The monoisotopic (exact) mass is 335 g/mol. The highest BCUT2D eigenvalue weighted by molar-refractivity contribution is 5.95. The Labute approximate surface area is 136 Å². The minimum absolute atomic E-state index is 0.219. The van der Waals surface area contributed by atoms with Crippen molar-refractivity contribution in [3.8, 4) is 5.75 Å². The molecule has 0 amide bonds. The van der Waals surface area contributed by atoms with Crippen molar-refractivity contribution >= 4 is 16.8 Å². The zero-order valence-electron chi connectivity index (χ0n) is 12.8. The number of hydrogen-bond acceptors (Lipinski definition) is 7. The maximum atomic E-state index is 11.8. The first-order chi connectivity index (χ1) is 11.4. The lowest BCUT2D eigenvalue weighted by Gasteiger charge is -2.21. The summed E-state index contributed by atoms with van der Waals surface area (Å²) in [7, 11) is 0. The van der Waals surface area contributed by atoms with Gasteiger partial charge in [-0.25, -0.2) is 0 Å². The molecule has 128 valence electrons. The molecule has 4 N–H and O–H groups in total. The Kier molecular flexibility index (Phi) is 3.09. The predicted octanol–water partition coefficient (Wildman–Crippen LogP) is -0.766. The van der Waals surface area contributed by atoms with E-state index in [1.807, 2.05) is 0 Å². The predicted molar refractivity (Wildman–Crippen MR) is 80.5 cm³/mol. The molecule has 1 aromatic carbocycles. The van der Waals surface area contributed by atoms with E-state index in [1.54, 1.807) is 24.3 Å². The molecule has 8 nitrogen and oxygen atoms in total. The van der Waals surface area contributed by atoms with Crippen molar-refractivity contribution in [3.05, 3.63) is 30.5 Å². The van der Waals surface area contributed by atoms with E-state index in [0.29, 0.717) is 10.9 Å². The Morgan fingerprint density at radius 3 is 2.67 bits per heavy atom. The summed E-state index contributed by atoms with van der Waals surface area (Å²) in [6.07, 6.45) is -2.56. The number of aliphatic hydroxyl groups excluding tert-OH is 2. The van der Waals surface area contributed by atoms with Crippen LogP contribution in [0.3, 0.4) is 0 Å². The number of aliphatic hydroxyl groups is 4. The summed E-state index contributed by atoms with van der Waals surface area (Å²) in [5.74, 6) is 0.0440. The molecule has 1 aliphatic heterocycles. The largest absolute Gasteiger partial charge is 0.459 e. The average molecular weight is 335 g/mol. The summed E-state index contributed by atoms with van der Waals surface area (Å²) in [5, 5.41) is 40.5. The van der Waals surface area contributed by atoms with Crippen molar-refractivity contribution in [2.45, 2.75) is 36.6 Å². The van der Waals surface area contributed by atoms with Gasteiger partial charge in [0, 0.05) is 12.3 Å². The second-order valence-corrected chi connectivity index (χ2v) is 6.21. The van der Waals surface area contributed by atoms with E-state index in [1.165, 1.54) is 17.7 Å². The molecule has 0 bridgehead atoms. The van der Waals surface area contributed by atoms with Crippen LogP contribution in [0.25, 0.3) is 10.9 Å². The van der Waals surface area contributed by atoms with Crippen LogP contribution in [0.15, 0.2) is 30.5 Å². The Balaban J connectivity index is 1.72. The Hall–Kier alpha value is -1.97. The molecular formula is C16H17NO7. The highest BCUT2D eigenvalue weighted by Gasteiger charge is 2.89. The fourth-order valence-corrected chi connectivity index (χ4v) is 3.50. The number of carbonyl (C=O) groups is 1. The number of hydrogen-bond donors (Lipinski definition) is 4. The van der Waals surface area contributed by atoms with Crippen LogP contribution in [-0.4, -0.2) is 67.2 Å². The SMILES string of the molecule is CC(=O)n1cc(O[C@H]2O[C@H](CO)[C@@]3(O)[C@H](O)[C@@]23O)c2ccccc21. The number of para-hydroxylation sites is 1. The first-order valence-corrected chi connectivity index (χ1v) is 7.52. The Morgan fingerprint density at radius 2 is 2.04 bits per heavy atom. The van der Waals surface area contributed by atoms with E-state index in [2.05, 4.69) is 0 Å². The summed E-state index contributed by atoms with van der Waals surface area (Å²) in [6, 6.07) is 7.02. The number of nitrogens with zero attached hydrogens (tertiary/aromatic N) is 1. The normalized spacial score (nSPS) is 37.5. The van der Waals surface area contributed by atoms with Crippen molar-refractivity contribution in [2.24, 2.45) is 0 Å². The lowest BCUT2D eigenvalue weighted by Crippen LogP contribution is -2.37. The summed E-state index contributed by atoms with van der Waals surface area (Å²) < 4.78 is 12.4. The number of rotatable bonds is 3. The lowest BCUT2D eigenvalue weighted by molar-refractivity contribution is -0.169. The van der Waals surface area contributed by atoms with Crippen molar-refractivity contribution in [3.63, 3.8) is 0 Å². The topological polar surface area (TPSA) is 121 Å². The zero-order valence-corrected chi connectivity index (χ0v) is 12.8. The number of carbonyl (C=O) groups excluding carboxylic acids is 1. The standard InChI is InChI=1S/C16H17NO7/c1-8(19)17-6-11(9-4-2-3-5-10(9)17)23-14-16(22)13(20)15(16,21)12(7-18)24-14/h2-6,12-14,18,20-22H,7H2,1H3/t12-,13+,14+,15-,16-/m1/s1. The van der Waals surface area contributed by atoms with Gasteiger partial charge in [0.25, 0.3) is 0 Å². The highest BCUT2D eigenvalue weighted by Crippen LogP contribution is 2.59. The minimum Gasteiger partial charge on any atom is -0.459 e. The number of aromatic nitrogens is 1. The molecule has 2 aromatic rings. The summed E-state index contributed by atoms with van der Waals surface area (Å²) >= 11 is 0. The molecule has 2 heterocycles. The van der Waals surface area contributed by atoms with Gasteiger partial charge in [-0.2, -0.15) is 0 Å². The smallest absolute Gasteiger partial charge is 0.235 e. The maximum Gasteiger partial charge on any atom is 0.235 e. The van der Waals surface area contributed by atoms with Gasteiger partial charge in [-0.05, 0) is 12.1 Å². The Bertz CT molecular complexity index is 833. The maximum absolute atomic E-state index is 11.8. The molecular weight excluding hydrogens is 318 g/mol. The van der Waals surface area contributed by atoms with Gasteiger partial charge in [0.05, 0.1) is 18.3 Å². The number of benzene rings is 1. The van der Waals surface area contributed by atoms with Crippen LogP contribution in [-0.2, 0) is 4.74 Å². The molecule has 1 aromatic heterocycles.